The van der Waals surface area contributed by atoms with Gasteiger partial charge in [-0.2, -0.15) is 5.26 Å². The highest BCUT2D eigenvalue weighted by Gasteiger charge is 2.35. The van der Waals surface area contributed by atoms with Crippen LogP contribution in [-0.4, -0.2) is 29.9 Å². The van der Waals surface area contributed by atoms with Crippen molar-refractivity contribution < 1.29 is 14.6 Å². The van der Waals surface area contributed by atoms with Gasteiger partial charge in [-0.1, -0.05) is 39.0 Å². The Morgan fingerprint density at radius 3 is 2.32 bits per heavy atom. The molecule has 6 heteroatoms. The number of hydrogen-bond acceptors (Lipinski definition) is 4. The summed E-state index contributed by atoms with van der Waals surface area (Å²) in [6.07, 6.45) is 3.12. The standard InChI is InChI=1S/C28H37N3O3/c1-5-34-25-15-12-22(20-8-6-19(17-29)7-9-20)16-23(25)18-30-24-13-10-21(11-14-24)26(28(2,3)4)31-27(32)33/h6-9,12,15-16,21,24,26,30-31H,5,10-11,13-14,18H2,1-4H3,(H,32,33). The number of carboxylic acid groups (broad SMARTS) is 1. The van der Waals surface area contributed by atoms with Gasteiger partial charge in [0.25, 0.3) is 0 Å². The molecule has 2 aromatic rings. The van der Waals surface area contributed by atoms with E-state index in [-0.39, 0.29) is 11.5 Å². The van der Waals surface area contributed by atoms with Gasteiger partial charge in [0.2, 0.25) is 0 Å². The normalized spacial score (nSPS) is 19.1. The first kappa shape index (κ1) is 25.6. The van der Waals surface area contributed by atoms with Crippen LogP contribution in [0.15, 0.2) is 42.5 Å². The Kier molecular flexibility index (Phi) is 8.57. The van der Waals surface area contributed by atoms with E-state index in [4.69, 9.17) is 10.00 Å². The molecule has 34 heavy (non-hydrogen) atoms. The lowest BCUT2D eigenvalue weighted by molar-refractivity contribution is 0.129. The number of nitrogens with one attached hydrogen (secondary N) is 2. The summed E-state index contributed by atoms with van der Waals surface area (Å²) < 4.78 is 5.88. The van der Waals surface area contributed by atoms with Gasteiger partial charge in [0.05, 0.1) is 18.2 Å². The molecule has 1 fully saturated rings. The largest absolute Gasteiger partial charge is 0.494 e. The fourth-order valence-corrected chi connectivity index (χ4v) is 5.02. The number of nitriles is 1. The topological polar surface area (TPSA) is 94.4 Å². The average Bonchev–Trinajstić information content (AvgIpc) is 2.82. The summed E-state index contributed by atoms with van der Waals surface area (Å²) >= 11 is 0. The third-order valence-corrected chi connectivity index (χ3v) is 6.74. The first-order chi connectivity index (χ1) is 16.2. The van der Waals surface area contributed by atoms with E-state index in [2.05, 4.69) is 49.6 Å². The monoisotopic (exact) mass is 463 g/mol. The Balaban J connectivity index is 1.65. The summed E-state index contributed by atoms with van der Waals surface area (Å²) in [5.74, 6) is 1.24. The van der Waals surface area contributed by atoms with Gasteiger partial charge >= 0.3 is 6.09 Å². The van der Waals surface area contributed by atoms with Crippen LogP contribution >= 0.6 is 0 Å². The van der Waals surface area contributed by atoms with Crippen molar-refractivity contribution >= 4 is 6.09 Å². The van der Waals surface area contributed by atoms with E-state index >= 15 is 0 Å². The Labute approximate surface area is 203 Å². The van der Waals surface area contributed by atoms with E-state index < -0.39 is 6.09 Å². The molecule has 1 aliphatic rings. The fourth-order valence-electron chi connectivity index (χ4n) is 5.02. The lowest BCUT2D eigenvalue weighted by Crippen LogP contribution is -2.50. The number of ether oxygens (including phenoxy) is 1. The number of rotatable bonds is 8. The lowest BCUT2D eigenvalue weighted by Gasteiger charge is -2.40. The second-order valence-electron chi connectivity index (χ2n) is 10.2. The van der Waals surface area contributed by atoms with Crippen molar-refractivity contribution in [1.29, 1.82) is 5.26 Å². The van der Waals surface area contributed by atoms with Crippen LogP contribution in [0, 0.1) is 22.7 Å². The second-order valence-corrected chi connectivity index (χ2v) is 10.2. The average molecular weight is 464 g/mol. The first-order valence-electron chi connectivity index (χ1n) is 12.2. The van der Waals surface area contributed by atoms with Crippen molar-refractivity contribution in [2.45, 2.75) is 72.0 Å². The van der Waals surface area contributed by atoms with E-state index in [1.165, 1.54) is 0 Å². The zero-order valence-electron chi connectivity index (χ0n) is 20.7. The van der Waals surface area contributed by atoms with E-state index in [9.17, 15) is 9.90 Å². The summed E-state index contributed by atoms with van der Waals surface area (Å²) in [5, 5.41) is 24.8. The van der Waals surface area contributed by atoms with Crippen molar-refractivity contribution in [3.63, 3.8) is 0 Å². The van der Waals surface area contributed by atoms with Crippen LogP contribution in [0.1, 0.15) is 64.5 Å². The van der Waals surface area contributed by atoms with Crippen LogP contribution in [0.2, 0.25) is 0 Å². The van der Waals surface area contributed by atoms with Gasteiger partial charge in [0, 0.05) is 24.2 Å². The Bertz CT molecular complexity index is 997. The molecule has 0 saturated heterocycles. The minimum absolute atomic E-state index is 0.0420. The van der Waals surface area contributed by atoms with Gasteiger partial charge in [0.1, 0.15) is 5.75 Å². The number of benzene rings is 2. The highest BCUT2D eigenvalue weighted by Crippen LogP contribution is 2.35. The number of nitrogens with zero attached hydrogens (tertiary/aromatic N) is 1. The van der Waals surface area contributed by atoms with Crippen molar-refractivity contribution in [2.75, 3.05) is 6.61 Å². The molecule has 3 rings (SSSR count). The summed E-state index contributed by atoms with van der Waals surface area (Å²) in [4.78, 5) is 11.3. The van der Waals surface area contributed by atoms with Gasteiger partial charge < -0.3 is 20.5 Å². The first-order valence-corrected chi connectivity index (χ1v) is 12.2. The maximum Gasteiger partial charge on any atom is 0.404 e. The predicted octanol–water partition coefficient (Wildman–Crippen LogP) is 5.95. The molecule has 0 heterocycles. The predicted molar refractivity (Wildman–Crippen MR) is 135 cm³/mol. The molecule has 0 aliphatic heterocycles. The zero-order valence-corrected chi connectivity index (χ0v) is 20.7. The maximum atomic E-state index is 11.3. The summed E-state index contributed by atoms with van der Waals surface area (Å²) in [7, 11) is 0. The molecule has 2 aromatic carbocycles. The van der Waals surface area contributed by atoms with Crippen LogP contribution in [0.4, 0.5) is 4.79 Å². The minimum Gasteiger partial charge on any atom is -0.494 e. The van der Waals surface area contributed by atoms with Gasteiger partial charge in [-0.25, -0.2) is 4.79 Å². The number of hydrogen-bond donors (Lipinski definition) is 3. The molecule has 0 aromatic heterocycles. The molecule has 1 unspecified atom stereocenters. The molecular weight excluding hydrogens is 426 g/mol. The third kappa shape index (κ3) is 6.74. The van der Waals surface area contributed by atoms with Crippen molar-refractivity contribution in [2.24, 2.45) is 11.3 Å². The quantitative estimate of drug-likeness (QED) is 0.449. The van der Waals surface area contributed by atoms with Gasteiger partial charge in [-0.3, -0.25) is 0 Å². The molecule has 1 atom stereocenters. The van der Waals surface area contributed by atoms with Crippen molar-refractivity contribution in [3.8, 4) is 22.9 Å². The number of amides is 1. The molecule has 1 saturated carbocycles. The third-order valence-electron chi connectivity index (χ3n) is 6.74. The Hall–Kier alpha value is -3.04. The molecule has 1 amide bonds. The van der Waals surface area contributed by atoms with Crippen molar-refractivity contribution in [3.05, 3.63) is 53.6 Å². The second kappa shape index (κ2) is 11.4. The van der Waals surface area contributed by atoms with E-state index in [0.29, 0.717) is 30.7 Å². The minimum atomic E-state index is -0.939. The van der Waals surface area contributed by atoms with Crippen LogP contribution in [-0.2, 0) is 6.54 Å². The van der Waals surface area contributed by atoms with Gasteiger partial charge in [-0.05, 0) is 79.3 Å². The molecule has 6 nitrogen and oxygen atoms in total. The summed E-state index contributed by atoms with van der Waals surface area (Å²) in [6.45, 7) is 9.63. The van der Waals surface area contributed by atoms with E-state index in [1.54, 1.807) is 0 Å². The molecule has 0 bridgehead atoms. The SMILES string of the molecule is CCOc1ccc(-c2ccc(C#N)cc2)cc1CNC1CCC(C(NC(=O)O)C(C)(C)C)CC1. The molecule has 3 N–H and O–H groups in total. The Morgan fingerprint density at radius 2 is 1.76 bits per heavy atom. The summed E-state index contributed by atoms with van der Waals surface area (Å²) in [6, 6.07) is 16.4. The van der Waals surface area contributed by atoms with Crippen LogP contribution in [0.5, 0.6) is 5.75 Å². The van der Waals surface area contributed by atoms with Crippen LogP contribution in [0.25, 0.3) is 11.1 Å². The number of carbonyl (C=O) groups is 1. The fraction of sp³-hybridized carbons (Fsp3) is 0.500. The van der Waals surface area contributed by atoms with Crippen molar-refractivity contribution in [1.82, 2.24) is 10.6 Å². The molecule has 182 valence electrons. The smallest absolute Gasteiger partial charge is 0.404 e. The van der Waals surface area contributed by atoms with Gasteiger partial charge in [0.15, 0.2) is 0 Å². The van der Waals surface area contributed by atoms with E-state index in [1.807, 2.05) is 37.3 Å². The molecule has 1 aliphatic carbocycles. The Morgan fingerprint density at radius 1 is 1.12 bits per heavy atom. The molecule has 0 spiro atoms. The maximum absolute atomic E-state index is 11.3. The van der Waals surface area contributed by atoms with Gasteiger partial charge in [-0.15, -0.1) is 0 Å². The lowest BCUT2D eigenvalue weighted by atomic mass is 9.72. The van der Waals surface area contributed by atoms with E-state index in [0.717, 1.165) is 48.1 Å². The van der Waals surface area contributed by atoms with Crippen LogP contribution in [0.3, 0.4) is 0 Å². The summed E-state index contributed by atoms with van der Waals surface area (Å²) in [5.41, 5.74) is 3.83. The van der Waals surface area contributed by atoms with Crippen LogP contribution < -0.4 is 15.4 Å². The highest BCUT2D eigenvalue weighted by atomic mass is 16.5. The molecule has 0 radical (unpaired) electrons. The highest BCUT2D eigenvalue weighted by molar-refractivity contribution is 5.66. The zero-order chi connectivity index (χ0) is 24.7. The molecular formula is C28H37N3O3.